The van der Waals surface area contributed by atoms with Gasteiger partial charge in [0.2, 0.25) is 0 Å². The van der Waals surface area contributed by atoms with E-state index in [9.17, 15) is 0 Å². The molecule has 1 saturated heterocycles. The number of aliphatic hydroxyl groups excluding tert-OH is 1. The van der Waals surface area contributed by atoms with Crippen LogP contribution < -0.4 is 10.6 Å². The average Bonchev–Trinajstić information content (AvgIpc) is 2.84. The number of hydrogen-bond donors (Lipinski definition) is 3. The lowest BCUT2D eigenvalue weighted by atomic mass is 9.88. The molecular weight excluding hydrogens is 212 g/mol. The Morgan fingerprint density at radius 3 is 2.76 bits per heavy atom. The van der Waals surface area contributed by atoms with E-state index in [1.165, 1.54) is 45.1 Å². The molecule has 3 N–H and O–H groups in total. The fraction of sp³-hybridized carbons (Fsp3) is 1.00. The zero-order valence-electron chi connectivity index (χ0n) is 11.0. The molecule has 2 fully saturated rings. The predicted octanol–water partition coefficient (Wildman–Crippen LogP) is 1.66. The SMILES string of the molecule is OCCCCNC1CCCC1C1CCCCN1. The van der Waals surface area contributed by atoms with Crippen LogP contribution >= 0.6 is 0 Å². The monoisotopic (exact) mass is 240 g/mol. The van der Waals surface area contributed by atoms with Crippen LogP contribution in [-0.2, 0) is 0 Å². The summed E-state index contributed by atoms with van der Waals surface area (Å²) in [6.07, 6.45) is 10.3. The van der Waals surface area contributed by atoms with Gasteiger partial charge in [-0.1, -0.05) is 12.8 Å². The van der Waals surface area contributed by atoms with Crippen LogP contribution in [0.2, 0.25) is 0 Å². The maximum atomic E-state index is 8.78. The van der Waals surface area contributed by atoms with E-state index in [1.807, 2.05) is 0 Å². The minimum atomic E-state index is 0.333. The number of piperidine rings is 1. The largest absolute Gasteiger partial charge is 0.396 e. The van der Waals surface area contributed by atoms with Gasteiger partial charge < -0.3 is 15.7 Å². The fourth-order valence-electron chi connectivity index (χ4n) is 3.49. The minimum absolute atomic E-state index is 0.333. The Morgan fingerprint density at radius 2 is 2.00 bits per heavy atom. The Hall–Kier alpha value is -0.120. The maximum Gasteiger partial charge on any atom is 0.0431 e. The van der Waals surface area contributed by atoms with Crippen molar-refractivity contribution < 1.29 is 5.11 Å². The van der Waals surface area contributed by atoms with Gasteiger partial charge in [-0.2, -0.15) is 0 Å². The van der Waals surface area contributed by atoms with Gasteiger partial charge in [-0.25, -0.2) is 0 Å². The minimum Gasteiger partial charge on any atom is -0.396 e. The van der Waals surface area contributed by atoms with Crippen molar-refractivity contribution in [3.05, 3.63) is 0 Å². The molecule has 2 rings (SSSR count). The number of nitrogens with one attached hydrogen (secondary N) is 2. The van der Waals surface area contributed by atoms with Crippen LogP contribution in [0, 0.1) is 5.92 Å². The van der Waals surface area contributed by atoms with Crippen LogP contribution in [0.15, 0.2) is 0 Å². The topological polar surface area (TPSA) is 44.3 Å². The first-order chi connectivity index (χ1) is 8.42. The van der Waals surface area contributed by atoms with E-state index in [0.717, 1.165) is 37.4 Å². The summed E-state index contributed by atoms with van der Waals surface area (Å²) in [5.41, 5.74) is 0. The molecule has 1 saturated carbocycles. The summed E-state index contributed by atoms with van der Waals surface area (Å²) >= 11 is 0. The third-order valence-corrected chi connectivity index (χ3v) is 4.43. The van der Waals surface area contributed by atoms with E-state index < -0.39 is 0 Å². The van der Waals surface area contributed by atoms with Gasteiger partial charge in [0.1, 0.15) is 0 Å². The second-order valence-electron chi connectivity index (χ2n) is 5.64. The summed E-state index contributed by atoms with van der Waals surface area (Å²) in [7, 11) is 0. The molecule has 3 atom stereocenters. The van der Waals surface area contributed by atoms with Crippen molar-refractivity contribution in [1.82, 2.24) is 10.6 Å². The first-order valence-electron chi connectivity index (χ1n) is 7.49. The molecule has 1 aliphatic carbocycles. The molecule has 2 aliphatic rings. The fourth-order valence-corrected chi connectivity index (χ4v) is 3.49. The first kappa shape index (κ1) is 13.3. The summed E-state index contributed by atoms with van der Waals surface area (Å²) in [6, 6.07) is 1.49. The zero-order valence-corrected chi connectivity index (χ0v) is 11.0. The molecular formula is C14H28N2O. The Balaban J connectivity index is 1.72. The summed E-state index contributed by atoms with van der Waals surface area (Å²) in [5.74, 6) is 0.851. The van der Waals surface area contributed by atoms with Crippen LogP contribution in [0.3, 0.4) is 0 Å². The molecule has 0 spiro atoms. The predicted molar refractivity (Wildman–Crippen MR) is 71.1 cm³/mol. The van der Waals surface area contributed by atoms with Gasteiger partial charge in [-0.15, -0.1) is 0 Å². The van der Waals surface area contributed by atoms with E-state index in [-0.39, 0.29) is 0 Å². The van der Waals surface area contributed by atoms with Gasteiger partial charge in [-0.05, 0) is 57.5 Å². The quantitative estimate of drug-likeness (QED) is 0.619. The van der Waals surface area contributed by atoms with Gasteiger partial charge in [0.25, 0.3) is 0 Å². The normalized spacial score (nSPS) is 34.1. The van der Waals surface area contributed by atoms with E-state index in [1.54, 1.807) is 0 Å². The Bertz CT molecular complexity index is 204. The average molecular weight is 240 g/mol. The lowest BCUT2D eigenvalue weighted by Crippen LogP contribution is -2.47. The zero-order chi connectivity index (χ0) is 11.9. The van der Waals surface area contributed by atoms with Crippen molar-refractivity contribution in [2.45, 2.75) is 63.5 Å². The highest BCUT2D eigenvalue weighted by Crippen LogP contribution is 2.31. The third kappa shape index (κ3) is 3.94. The molecule has 0 aromatic heterocycles. The highest BCUT2D eigenvalue weighted by atomic mass is 16.2. The van der Waals surface area contributed by atoms with Crippen LogP contribution in [-0.4, -0.2) is 36.9 Å². The summed E-state index contributed by atoms with van der Waals surface area (Å²) in [4.78, 5) is 0. The Labute approximate surface area is 105 Å². The van der Waals surface area contributed by atoms with Gasteiger partial charge in [0.15, 0.2) is 0 Å². The summed E-state index contributed by atoms with van der Waals surface area (Å²) in [5, 5.41) is 16.2. The van der Waals surface area contributed by atoms with E-state index >= 15 is 0 Å². The lowest BCUT2D eigenvalue weighted by molar-refractivity contribution is 0.252. The smallest absolute Gasteiger partial charge is 0.0431 e. The highest BCUT2D eigenvalue weighted by Gasteiger charge is 2.33. The third-order valence-electron chi connectivity index (χ3n) is 4.43. The van der Waals surface area contributed by atoms with Crippen molar-refractivity contribution in [2.24, 2.45) is 5.92 Å². The number of hydrogen-bond acceptors (Lipinski definition) is 3. The molecule has 0 amide bonds. The van der Waals surface area contributed by atoms with Crippen LogP contribution in [0.5, 0.6) is 0 Å². The second kappa shape index (κ2) is 7.34. The maximum absolute atomic E-state index is 8.78. The van der Waals surface area contributed by atoms with Gasteiger partial charge >= 0.3 is 0 Å². The van der Waals surface area contributed by atoms with Crippen molar-refractivity contribution in [3.8, 4) is 0 Å². The molecule has 17 heavy (non-hydrogen) atoms. The molecule has 0 aromatic rings. The number of aliphatic hydroxyl groups is 1. The van der Waals surface area contributed by atoms with Gasteiger partial charge in [0, 0.05) is 18.7 Å². The van der Waals surface area contributed by atoms with Crippen molar-refractivity contribution in [2.75, 3.05) is 19.7 Å². The molecule has 3 heteroatoms. The van der Waals surface area contributed by atoms with Crippen LogP contribution in [0.1, 0.15) is 51.4 Å². The molecule has 0 radical (unpaired) electrons. The summed E-state index contributed by atoms with van der Waals surface area (Å²) in [6.45, 7) is 2.63. The number of rotatable bonds is 6. The molecule has 0 aromatic carbocycles. The van der Waals surface area contributed by atoms with Gasteiger partial charge in [-0.3, -0.25) is 0 Å². The van der Waals surface area contributed by atoms with Crippen LogP contribution in [0.25, 0.3) is 0 Å². The Kier molecular flexibility index (Phi) is 5.75. The van der Waals surface area contributed by atoms with E-state index in [0.29, 0.717) is 6.61 Å². The molecule has 0 bridgehead atoms. The van der Waals surface area contributed by atoms with E-state index in [2.05, 4.69) is 10.6 Å². The number of unbranched alkanes of at least 4 members (excludes halogenated alkanes) is 1. The molecule has 3 nitrogen and oxygen atoms in total. The molecule has 3 unspecified atom stereocenters. The van der Waals surface area contributed by atoms with Crippen LogP contribution in [0.4, 0.5) is 0 Å². The highest BCUT2D eigenvalue weighted by molar-refractivity contribution is 4.92. The lowest BCUT2D eigenvalue weighted by Gasteiger charge is -2.33. The summed E-state index contributed by atoms with van der Waals surface area (Å²) < 4.78 is 0. The molecule has 100 valence electrons. The van der Waals surface area contributed by atoms with Crippen molar-refractivity contribution >= 4 is 0 Å². The van der Waals surface area contributed by atoms with Crippen molar-refractivity contribution in [3.63, 3.8) is 0 Å². The second-order valence-corrected chi connectivity index (χ2v) is 5.64. The molecule has 1 heterocycles. The Morgan fingerprint density at radius 1 is 1.06 bits per heavy atom. The first-order valence-corrected chi connectivity index (χ1v) is 7.49. The van der Waals surface area contributed by atoms with Crippen molar-refractivity contribution in [1.29, 1.82) is 0 Å². The standard InChI is InChI=1S/C14H28N2O/c17-11-4-3-10-16-14-8-5-6-12(14)13-7-1-2-9-15-13/h12-17H,1-11H2. The van der Waals surface area contributed by atoms with E-state index in [4.69, 9.17) is 5.11 Å². The molecule has 1 aliphatic heterocycles. The van der Waals surface area contributed by atoms with Gasteiger partial charge in [0.05, 0.1) is 0 Å².